The molecule has 3 atom stereocenters. The summed E-state index contributed by atoms with van der Waals surface area (Å²) in [6.45, 7) is 2.23. The van der Waals surface area contributed by atoms with E-state index in [0.717, 1.165) is 25.7 Å². The Morgan fingerprint density at radius 2 is 1.83 bits per heavy atom. The third-order valence-electron chi connectivity index (χ3n) is 4.62. The number of hydrogen-bond donors (Lipinski definition) is 0. The van der Waals surface area contributed by atoms with Gasteiger partial charge in [-0.1, -0.05) is 57.6 Å². The Labute approximate surface area is 147 Å². The predicted molar refractivity (Wildman–Crippen MR) is 97.1 cm³/mol. The van der Waals surface area contributed by atoms with Gasteiger partial charge >= 0.3 is 5.97 Å². The highest BCUT2D eigenvalue weighted by molar-refractivity contribution is 5.68. The zero-order valence-electron chi connectivity index (χ0n) is 15.8. The van der Waals surface area contributed by atoms with Gasteiger partial charge < -0.3 is 14.2 Å². The number of methoxy groups -OCH3 is 2. The zero-order valence-corrected chi connectivity index (χ0v) is 15.8. The molecule has 1 saturated heterocycles. The van der Waals surface area contributed by atoms with Crippen molar-refractivity contribution < 1.29 is 19.0 Å². The summed E-state index contributed by atoms with van der Waals surface area (Å²) in [7, 11) is 3.21. The average Bonchev–Trinajstić information content (AvgIpc) is 3.36. The third-order valence-corrected chi connectivity index (χ3v) is 4.62. The molecule has 4 nitrogen and oxygen atoms in total. The maximum atomic E-state index is 11.0. The van der Waals surface area contributed by atoms with E-state index in [4.69, 9.17) is 9.47 Å². The molecule has 0 amide bonds. The molecule has 0 N–H and O–H groups in total. The molecule has 0 aromatic rings. The van der Waals surface area contributed by atoms with Gasteiger partial charge in [-0.05, 0) is 25.7 Å². The fourth-order valence-electron chi connectivity index (χ4n) is 2.99. The maximum absolute atomic E-state index is 11.0. The molecular weight excluding hydrogens is 304 g/mol. The van der Waals surface area contributed by atoms with Crippen molar-refractivity contribution in [1.29, 1.82) is 0 Å². The number of esters is 1. The van der Waals surface area contributed by atoms with Crippen molar-refractivity contribution in [3.05, 3.63) is 12.2 Å². The van der Waals surface area contributed by atoms with Crippen LogP contribution in [0.25, 0.3) is 0 Å². The lowest BCUT2D eigenvalue weighted by atomic mass is 10.1. The molecule has 0 spiro atoms. The second-order valence-corrected chi connectivity index (χ2v) is 6.65. The van der Waals surface area contributed by atoms with Gasteiger partial charge in [0.25, 0.3) is 0 Å². The largest absolute Gasteiger partial charge is 0.469 e. The number of ether oxygens (including phenoxy) is 3. The van der Waals surface area contributed by atoms with Gasteiger partial charge in [-0.2, -0.15) is 0 Å². The van der Waals surface area contributed by atoms with Crippen LogP contribution in [0.4, 0.5) is 0 Å². The van der Waals surface area contributed by atoms with Crippen LogP contribution in [0.1, 0.15) is 77.6 Å². The third kappa shape index (κ3) is 9.43. The summed E-state index contributed by atoms with van der Waals surface area (Å²) < 4.78 is 15.9. The van der Waals surface area contributed by atoms with Crippen molar-refractivity contribution in [3.63, 3.8) is 0 Å². The first-order chi connectivity index (χ1) is 11.7. The van der Waals surface area contributed by atoms with Crippen molar-refractivity contribution in [2.24, 2.45) is 0 Å². The molecule has 24 heavy (non-hydrogen) atoms. The van der Waals surface area contributed by atoms with Crippen molar-refractivity contribution >= 4 is 5.97 Å². The normalized spacial score (nSPS) is 21.1. The molecule has 1 aliphatic heterocycles. The van der Waals surface area contributed by atoms with E-state index in [9.17, 15) is 4.79 Å². The minimum Gasteiger partial charge on any atom is -0.469 e. The Balaban J connectivity index is 2.00. The highest BCUT2D eigenvalue weighted by atomic mass is 16.6. The lowest BCUT2D eigenvalue weighted by molar-refractivity contribution is -0.140. The number of carbonyl (C=O) groups is 1. The first kappa shape index (κ1) is 21.2. The van der Waals surface area contributed by atoms with Gasteiger partial charge in [-0.15, -0.1) is 0 Å². The maximum Gasteiger partial charge on any atom is 0.305 e. The number of hydrogen-bond acceptors (Lipinski definition) is 4. The first-order valence-corrected chi connectivity index (χ1v) is 9.64. The Morgan fingerprint density at radius 1 is 1.08 bits per heavy atom. The highest BCUT2D eigenvalue weighted by Gasteiger charge is 2.43. The molecule has 4 heteroatoms. The molecule has 1 rings (SSSR count). The molecule has 140 valence electrons. The van der Waals surface area contributed by atoms with Gasteiger partial charge in [0.2, 0.25) is 0 Å². The van der Waals surface area contributed by atoms with Gasteiger partial charge in [-0.25, -0.2) is 0 Å². The molecule has 1 heterocycles. The van der Waals surface area contributed by atoms with E-state index in [0.29, 0.717) is 12.5 Å². The molecule has 0 aromatic heterocycles. The molecule has 0 bridgehead atoms. The number of unbranched alkanes of at least 4 members (excludes halogenated alkanes) is 7. The summed E-state index contributed by atoms with van der Waals surface area (Å²) in [5, 5.41) is 0. The molecule has 0 saturated carbocycles. The monoisotopic (exact) mass is 340 g/mol. The van der Waals surface area contributed by atoms with Crippen molar-refractivity contribution in [3.8, 4) is 0 Å². The molecule has 0 radical (unpaired) electrons. The Morgan fingerprint density at radius 3 is 2.54 bits per heavy atom. The van der Waals surface area contributed by atoms with E-state index in [-0.39, 0.29) is 18.2 Å². The quantitative estimate of drug-likeness (QED) is 0.186. The van der Waals surface area contributed by atoms with Gasteiger partial charge in [0, 0.05) is 13.5 Å². The fourth-order valence-corrected chi connectivity index (χ4v) is 2.99. The number of epoxide rings is 1. The summed E-state index contributed by atoms with van der Waals surface area (Å²) >= 11 is 0. The van der Waals surface area contributed by atoms with Crippen LogP contribution in [0, 0.1) is 0 Å². The number of carbonyl (C=O) groups excluding carboxylic acids is 1. The van der Waals surface area contributed by atoms with Crippen molar-refractivity contribution in [2.75, 3.05) is 14.2 Å². The van der Waals surface area contributed by atoms with Crippen molar-refractivity contribution in [1.82, 2.24) is 0 Å². The van der Waals surface area contributed by atoms with Crippen LogP contribution in [0.5, 0.6) is 0 Å². The van der Waals surface area contributed by atoms with Crippen LogP contribution < -0.4 is 0 Å². The predicted octanol–water partition coefficient (Wildman–Crippen LogP) is 4.81. The highest BCUT2D eigenvalue weighted by Crippen LogP contribution is 2.32. The van der Waals surface area contributed by atoms with Gasteiger partial charge in [-0.3, -0.25) is 4.79 Å². The molecule has 1 fully saturated rings. The van der Waals surface area contributed by atoms with E-state index in [1.807, 2.05) is 0 Å². The van der Waals surface area contributed by atoms with Crippen LogP contribution >= 0.6 is 0 Å². The topological polar surface area (TPSA) is 48.1 Å². The summed E-state index contributed by atoms with van der Waals surface area (Å²) in [5.41, 5.74) is 0. The van der Waals surface area contributed by atoms with Crippen LogP contribution in [0.3, 0.4) is 0 Å². The summed E-state index contributed by atoms with van der Waals surface area (Å²) in [6, 6.07) is 0. The molecule has 0 aliphatic carbocycles. The summed E-state index contributed by atoms with van der Waals surface area (Å²) in [5.74, 6) is -0.0983. The first-order valence-electron chi connectivity index (χ1n) is 9.64. The second-order valence-electron chi connectivity index (χ2n) is 6.65. The molecular formula is C20H36O4. The Bertz CT molecular complexity index is 354. The zero-order chi connectivity index (χ0) is 17.6. The van der Waals surface area contributed by atoms with E-state index in [1.54, 1.807) is 7.11 Å². The van der Waals surface area contributed by atoms with Crippen LogP contribution in [-0.4, -0.2) is 38.5 Å². The summed E-state index contributed by atoms with van der Waals surface area (Å²) in [6.07, 6.45) is 17.4. The van der Waals surface area contributed by atoms with Crippen LogP contribution in [-0.2, 0) is 19.0 Å². The van der Waals surface area contributed by atoms with Crippen LogP contribution in [0.2, 0.25) is 0 Å². The lowest BCUT2D eigenvalue weighted by Gasteiger charge is -2.07. The summed E-state index contributed by atoms with van der Waals surface area (Å²) in [4.78, 5) is 11.0. The van der Waals surface area contributed by atoms with E-state index < -0.39 is 0 Å². The number of rotatable bonds is 15. The van der Waals surface area contributed by atoms with E-state index in [1.165, 1.54) is 45.6 Å². The van der Waals surface area contributed by atoms with E-state index >= 15 is 0 Å². The standard InChI is InChI=1S/C20H36O4/c1-4-5-11-15-18-20(24-18)17(22-2)14-12-9-7-6-8-10-13-16-19(21)23-3/h12,14,17-18,20H,4-11,13,15-16H2,1-3H3/b14-12-/t17-,18+,20+/m1/s1. The average molecular weight is 341 g/mol. The Hall–Kier alpha value is -0.870. The minimum atomic E-state index is -0.0983. The van der Waals surface area contributed by atoms with Gasteiger partial charge in [0.05, 0.1) is 13.2 Å². The molecule has 0 aromatic carbocycles. The lowest BCUT2D eigenvalue weighted by Crippen LogP contribution is -2.17. The minimum absolute atomic E-state index is 0.0983. The smallest absolute Gasteiger partial charge is 0.305 e. The van der Waals surface area contributed by atoms with Crippen LogP contribution in [0.15, 0.2) is 12.2 Å². The SMILES string of the molecule is CCCCC[C@@H]1O[C@H]1[C@@H](/C=C\CCCCCCCC(=O)OC)OC. The fraction of sp³-hybridized carbons (Fsp3) is 0.850. The van der Waals surface area contributed by atoms with E-state index in [2.05, 4.69) is 23.8 Å². The number of allylic oxidation sites excluding steroid dienone is 1. The second kappa shape index (κ2) is 13.4. The molecule has 0 unspecified atom stereocenters. The van der Waals surface area contributed by atoms with Gasteiger partial charge in [0.1, 0.15) is 12.2 Å². The van der Waals surface area contributed by atoms with Crippen molar-refractivity contribution in [2.45, 2.75) is 95.9 Å². The molecule has 1 aliphatic rings. The Kier molecular flexibility index (Phi) is 11.8. The van der Waals surface area contributed by atoms with Gasteiger partial charge in [0.15, 0.2) is 0 Å².